The van der Waals surface area contributed by atoms with Gasteiger partial charge < -0.3 is 35.4 Å². The number of carbonyl (C=O) groups is 5. The van der Waals surface area contributed by atoms with Crippen molar-refractivity contribution in [3.63, 3.8) is 0 Å². The van der Waals surface area contributed by atoms with Gasteiger partial charge in [-0.2, -0.15) is 0 Å². The Morgan fingerprint density at radius 2 is 1.48 bits per heavy atom. The van der Waals surface area contributed by atoms with Gasteiger partial charge in [-0.05, 0) is 77.6 Å². The summed E-state index contributed by atoms with van der Waals surface area (Å²) >= 11 is 5.92. The number of hydrogen-bond acceptors (Lipinski definition) is 7. The third kappa shape index (κ3) is 13.1. The van der Waals surface area contributed by atoms with E-state index >= 15 is 0 Å². The zero-order valence-electron chi connectivity index (χ0n) is 31.5. The molecule has 3 aromatic carbocycles. The number of carboxylic acid groups (broad SMARTS) is 1. The summed E-state index contributed by atoms with van der Waals surface area (Å²) in [5, 5.41) is 18.9. The van der Waals surface area contributed by atoms with Gasteiger partial charge in [0.25, 0.3) is 5.91 Å². The van der Waals surface area contributed by atoms with E-state index in [9.17, 15) is 29.1 Å². The number of amides is 4. The number of halogens is 1. The van der Waals surface area contributed by atoms with Crippen molar-refractivity contribution in [2.45, 2.75) is 90.3 Å². The Morgan fingerprint density at radius 3 is 2.09 bits per heavy atom. The standard InChI is InChI=1S/C41H51ClN4O8/c1-26(2)22-33(44-37(48)25-53-35-9-7-6-8-32(35)41(3,4)5)38(49)45-34(39(50)51)23-27-12-16-31(17-13-27)54-40(52)46-20-18-30(19-21-46)43-36(47)24-28-10-14-29(42)15-11-28/h6-17,26,30,33-34H,18-25H2,1-5H3,(H,43,47)(H,44,48)(H,45,49)(H,50,51). The largest absolute Gasteiger partial charge is 0.483 e. The molecule has 4 amide bonds. The lowest BCUT2D eigenvalue weighted by atomic mass is 9.86. The fourth-order valence-electron chi connectivity index (χ4n) is 6.13. The van der Waals surface area contributed by atoms with Crippen LogP contribution >= 0.6 is 11.6 Å². The molecule has 2 unspecified atom stereocenters. The van der Waals surface area contributed by atoms with Crippen LogP contribution in [0.15, 0.2) is 72.8 Å². The molecule has 3 aromatic rings. The van der Waals surface area contributed by atoms with E-state index in [1.807, 2.05) is 65.0 Å². The first-order valence-corrected chi connectivity index (χ1v) is 18.6. The lowest BCUT2D eigenvalue weighted by Gasteiger charge is -2.31. The number of likely N-dealkylation sites (tertiary alicyclic amines) is 1. The van der Waals surface area contributed by atoms with Gasteiger partial charge in [-0.1, -0.05) is 88.7 Å². The van der Waals surface area contributed by atoms with Crippen molar-refractivity contribution in [3.8, 4) is 11.5 Å². The molecule has 1 aliphatic rings. The fraction of sp³-hybridized carbons (Fsp3) is 0.439. The summed E-state index contributed by atoms with van der Waals surface area (Å²) in [6, 6.07) is 18.7. The summed E-state index contributed by atoms with van der Waals surface area (Å²) in [6.07, 6.45) is 1.15. The highest BCUT2D eigenvalue weighted by molar-refractivity contribution is 6.30. The Hall–Kier alpha value is -5.10. The lowest BCUT2D eigenvalue weighted by molar-refractivity contribution is -0.142. The molecule has 54 heavy (non-hydrogen) atoms. The minimum atomic E-state index is -1.28. The van der Waals surface area contributed by atoms with Gasteiger partial charge in [-0.3, -0.25) is 14.4 Å². The Balaban J connectivity index is 1.25. The van der Waals surface area contributed by atoms with Crippen molar-refractivity contribution in [2.75, 3.05) is 19.7 Å². The number of carbonyl (C=O) groups excluding carboxylic acids is 4. The minimum Gasteiger partial charge on any atom is -0.483 e. The van der Waals surface area contributed by atoms with Crippen LogP contribution in [0.1, 0.15) is 70.6 Å². The summed E-state index contributed by atoms with van der Waals surface area (Å²) in [5.41, 5.74) is 2.19. The van der Waals surface area contributed by atoms with Crippen LogP contribution in [0.25, 0.3) is 0 Å². The van der Waals surface area contributed by atoms with Gasteiger partial charge in [0.15, 0.2) is 6.61 Å². The molecule has 0 aromatic heterocycles. The van der Waals surface area contributed by atoms with Gasteiger partial charge in [-0.15, -0.1) is 0 Å². The summed E-state index contributed by atoms with van der Waals surface area (Å²) < 4.78 is 11.4. The molecular formula is C41H51ClN4O8. The highest BCUT2D eigenvalue weighted by atomic mass is 35.5. The minimum absolute atomic E-state index is 0.0279. The molecule has 1 aliphatic heterocycles. The van der Waals surface area contributed by atoms with Crippen molar-refractivity contribution < 1.29 is 38.6 Å². The first kappa shape index (κ1) is 41.7. The van der Waals surface area contributed by atoms with Crippen LogP contribution < -0.4 is 25.4 Å². The van der Waals surface area contributed by atoms with Crippen LogP contribution in [-0.2, 0) is 37.4 Å². The van der Waals surface area contributed by atoms with Crippen molar-refractivity contribution in [1.29, 1.82) is 0 Å². The predicted octanol–water partition coefficient (Wildman–Crippen LogP) is 5.68. The number of piperidine rings is 1. The smallest absolute Gasteiger partial charge is 0.415 e. The van der Waals surface area contributed by atoms with E-state index in [2.05, 4.69) is 16.0 Å². The molecule has 12 nitrogen and oxygen atoms in total. The van der Waals surface area contributed by atoms with Crippen LogP contribution in [0.5, 0.6) is 11.5 Å². The lowest BCUT2D eigenvalue weighted by Crippen LogP contribution is -2.53. The molecule has 4 rings (SSSR count). The van der Waals surface area contributed by atoms with Crippen LogP contribution in [0.4, 0.5) is 4.79 Å². The van der Waals surface area contributed by atoms with Gasteiger partial charge in [0.2, 0.25) is 11.8 Å². The molecule has 0 spiro atoms. The molecular weight excluding hydrogens is 712 g/mol. The van der Waals surface area contributed by atoms with Gasteiger partial charge >= 0.3 is 12.1 Å². The molecule has 0 bridgehead atoms. The molecule has 290 valence electrons. The Labute approximate surface area is 321 Å². The molecule has 0 radical (unpaired) electrons. The quantitative estimate of drug-likeness (QED) is 0.154. The predicted molar refractivity (Wildman–Crippen MR) is 206 cm³/mol. The summed E-state index contributed by atoms with van der Waals surface area (Å²) in [6.45, 7) is 10.5. The van der Waals surface area contributed by atoms with Gasteiger partial charge in [-0.25, -0.2) is 9.59 Å². The first-order valence-electron chi connectivity index (χ1n) is 18.2. The Bertz CT molecular complexity index is 1750. The van der Waals surface area contributed by atoms with Crippen molar-refractivity contribution in [3.05, 3.63) is 94.5 Å². The average Bonchev–Trinajstić information content (AvgIpc) is 3.11. The van der Waals surface area contributed by atoms with E-state index in [0.717, 1.165) is 11.1 Å². The topological polar surface area (TPSA) is 163 Å². The molecule has 1 heterocycles. The number of aliphatic carboxylic acids is 1. The number of carboxylic acids is 1. The summed E-state index contributed by atoms with van der Waals surface area (Å²) in [5.74, 6) is -1.56. The third-order valence-corrected chi connectivity index (χ3v) is 9.24. The number of rotatable bonds is 15. The maximum atomic E-state index is 13.3. The monoisotopic (exact) mass is 762 g/mol. The van der Waals surface area contributed by atoms with E-state index in [1.54, 1.807) is 47.4 Å². The number of hydrogen-bond donors (Lipinski definition) is 4. The first-order chi connectivity index (χ1) is 25.6. The number of nitrogens with zero attached hydrogens (tertiary/aromatic N) is 1. The van der Waals surface area contributed by atoms with Gasteiger partial charge in [0.05, 0.1) is 6.42 Å². The van der Waals surface area contributed by atoms with Gasteiger partial charge in [0, 0.05) is 30.6 Å². The van der Waals surface area contributed by atoms with Crippen LogP contribution in [0.2, 0.25) is 5.02 Å². The van der Waals surface area contributed by atoms with Crippen LogP contribution in [0.3, 0.4) is 0 Å². The third-order valence-electron chi connectivity index (χ3n) is 8.99. The molecule has 0 aliphatic carbocycles. The zero-order chi connectivity index (χ0) is 39.4. The maximum absolute atomic E-state index is 13.3. The SMILES string of the molecule is CC(C)CC(NC(=O)COc1ccccc1C(C)(C)C)C(=O)NC(Cc1ccc(OC(=O)N2CCC(NC(=O)Cc3ccc(Cl)cc3)CC2)cc1)C(=O)O. The summed E-state index contributed by atoms with van der Waals surface area (Å²) in [7, 11) is 0. The molecule has 2 atom stereocenters. The molecule has 0 saturated carbocycles. The Morgan fingerprint density at radius 1 is 0.852 bits per heavy atom. The second kappa shape index (κ2) is 19.3. The zero-order valence-corrected chi connectivity index (χ0v) is 32.3. The number of benzene rings is 3. The number of para-hydroxylation sites is 1. The second-order valence-electron chi connectivity index (χ2n) is 15.0. The Kier molecular flexibility index (Phi) is 14.9. The average molecular weight is 763 g/mol. The number of nitrogens with one attached hydrogen (secondary N) is 3. The normalized spacial score (nSPS) is 14.5. The van der Waals surface area contributed by atoms with Crippen molar-refractivity contribution >= 4 is 41.4 Å². The number of ether oxygens (including phenoxy) is 2. The highest BCUT2D eigenvalue weighted by Gasteiger charge is 2.29. The summed E-state index contributed by atoms with van der Waals surface area (Å²) in [4.78, 5) is 65.4. The highest BCUT2D eigenvalue weighted by Crippen LogP contribution is 2.31. The second-order valence-corrected chi connectivity index (χ2v) is 15.5. The van der Waals surface area contributed by atoms with Crippen molar-refractivity contribution in [1.82, 2.24) is 20.9 Å². The van der Waals surface area contributed by atoms with E-state index < -0.39 is 36.0 Å². The van der Waals surface area contributed by atoms with E-state index in [-0.39, 0.29) is 48.5 Å². The fourth-order valence-corrected chi connectivity index (χ4v) is 6.26. The molecule has 1 saturated heterocycles. The van der Waals surface area contributed by atoms with E-state index in [4.69, 9.17) is 21.1 Å². The van der Waals surface area contributed by atoms with E-state index in [1.165, 1.54) is 0 Å². The molecule has 4 N–H and O–H groups in total. The molecule has 1 fully saturated rings. The van der Waals surface area contributed by atoms with Crippen LogP contribution in [0, 0.1) is 5.92 Å². The molecule has 13 heteroatoms. The van der Waals surface area contributed by atoms with Crippen molar-refractivity contribution in [2.24, 2.45) is 5.92 Å². The maximum Gasteiger partial charge on any atom is 0.415 e. The van der Waals surface area contributed by atoms with E-state index in [0.29, 0.717) is 48.7 Å². The van der Waals surface area contributed by atoms with Crippen LogP contribution in [-0.4, -0.2) is 77.6 Å². The van der Waals surface area contributed by atoms with Gasteiger partial charge in [0.1, 0.15) is 23.6 Å².